The lowest BCUT2D eigenvalue weighted by Gasteiger charge is -2.02. The monoisotopic (exact) mass is 239 g/mol. The minimum Gasteiger partial charge on any atom is -0.384 e. The van der Waals surface area contributed by atoms with Crippen LogP contribution >= 0.6 is 11.6 Å². The highest BCUT2D eigenvalue weighted by Gasteiger charge is 2.09. The summed E-state index contributed by atoms with van der Waals surface area (Å²) in [5, 5.41) is 4.69. The third kappa shape index (κ3) is 1.88. The van der Waals surface area contributed by atoms with E-state index in [9.17, 15) is 4.39 Å². The number of hydrogen-bond acceptors (Lipinski definition) is 2. The van der Waals surface area contributed by atoms with Crippen LogP contribution in [0.1, 0.15) is 5.56 Å². The first-order valence-corrected chi connectivity index (χ1v) is 5.14. The first-order valence-electron chi connectivity index (χ1n) is 4.76. The van der Waals surface area contributed by atoms with Crippen molar-refractivity contribution in [1.82, 2.24) is 9.78 Å². The smallest absolute Gasteiger partial charge is 0.121 e. The molecule has 0 aliphatic carbocycles. The summed E-state index contributed by atoms with van der Waals surface area (Å²) in [7, 11) is 1.75. The number of nitrogens with two attached hydrogens (primary N) is 1. The molecule has 0 amide bonds. The van der Waals surface area contributed by atoms with Gasteiger partial charge in [0, 0.05) is 18.7 Å². The second kappa shape index (κ2) is 4.14. The highest BCUT2D eigenvalue weighted by Crippen LogP contribution is 2.28. The Balaban J connectivity index is 2.48. The van der Waals surface area contributed by atoms with Crippen LogP contribution in [0.4, 0.5) is 10.2 Å². The Hall–Kier alpha value is -1.55. The molecular weight excluding hydrogens is 229 g/mol. The number of halogens is 2. The van der Waals surface area contributed by atoms with Crippen molar-refractivity contribution in [3.05, 3.63) is 34.9 Å². The third-order valence-corrected chi connectivity index (χ3v) is 2.69. The molecule has 2 N–H and O–H groups in total. The highest BCUT2D eigenvalue weighted by atomic mass is 35.5. The number of hydrogen-bond donors (Lipinski definition) is 1. The normalized spacial score (nSPS) is 10.7. The molecule has 0 saturated carbocycles. The van der Waals surface area contributed by atoms with Gasteiger partial charge < -0.3 is 5.73 Å². The molecule has 2 aromatic rings. The molecule has 3 nitrogen and oxygen atoms in total. The van der Waals surface area contributed by atoms with Crippen LogP contribution in [0.2, 0.25) is 5.02 Å². The van der Waals surface area contributed by atoms with E-state index in [1.807, 2.05) is 0 Å². The summed E-state index contributed by atoms with van der Waals surface area (Å²) >= 11 is 6.05. The van der Waals surface area contributed by atoms with E-state index in [4.69, 9.17) is 17.3 Å². The van der Waals surface area contributed by atoms with Crippen LogP contribution in [0.15, 0.2) is 24.3 Å². The van der Waals surface area contributed by atoms with E-state index in [0.29, 0.717) is 22.1 Å². The Morgan fingerprint density at radius 1 is 1.44 bits per heavy atom. The summed E-state index contributed by atoms with van der Waals surface area (Å²) in [4.78, 5) is 0. The molecule has 0 aliphatic heterocycles. The van der Waals surface area contributed by atoms with Crippen molar-refractivity contribution >= 4 is 17.4 Å². The van der Waals surface area contributed by atoms with Gasteiger partial charge in [0.25, 0.3) is 0 Å². The highest BCUT2D eigenvalue weighted by molar-refractivity contribution is 6.33. The van der Waals surface area contributed by atoms with Crippen molar-refractivity contribution < 1.29 is 4.39 Å². The van der Waals surface area contributed by atoms with Crippen LogP contribution in [-0.2, 0) is 13.7 Å². The molecule has 0 spiro atoms. The molecule has 1 aromatic carbocycles. The fourth-order valence-corrected chi connectivity index (χ4v) is 1.76. The predicted molar refractivity (Wildman–Crippen MR) is 62.9 cm³/mol. The molecule has 1 heterocycles. The first-order chi connectivity index (χ1) is 7.61. The summed E-state index contributed by atoms with van der Waals surface area (Å²) in [6.45, 7) is -0.523. The van der Waals surface area contributed by atoms with Gasteiger partial charge in [0.2, 0.25) is 0 Å². The topological polar surface area (TPSA) is 43.8 Å². The SMILES string of the molecule is Cn1nc(-c2ccc(CF)cc2Cl)cc1N. The van der Waals surface area contributed by atoms with E-state index in [-0.39, 0.29) is 0 Å². The van der Waals surface area contributed by atoms with Crippen LogP contribution in [0.5, 0.6) is 0 Å². The van der Waals surface area contributed by atoms with Crippen molar-refractivity contribution in [3.8, 4) is 11.3 Å². The van der Waals surface area contributed by atoms with Crippen molar-refractivity contribution in [3.63, 3.8) is 0 Å². The van der Waals surface area contributed by atoms with Gasteiger partial charge >= 0.3 is 0 Å². The average Bonchev–Trinajstić information content (AvgIpc) is 2.58. The van der Waals surface area contributed by atoms with Gasteiger partial charge in [-0.25, -0.2) is 4.39 Å². The minimum absolute atomic E-state index is 0.480. The van der Waals surface area contributed by atoms with Gasteiger partial charge in [-0.15, -0.1) is 0 Å². The molecule has 0 unspecified atom stereocenters. The van der Waals surface area contributed by atoms with Crippen molar-refractivity contribution in [1.29, 1.82) is 0 Å². The predicted octanol–water partition coefficient (Wildman–Crippen LogP) is 2.79. The van der Waals surface area contributed by atoms with Gasteiger partial charge in [-0.05, 0) is 11.6 Å². The molecule has 0 atom stereocenters. The van der Waals surface area contributed by atoms with Crippen LogP contribution < -0.4 is 5.73 Å². The Labute approximate surface area is 97.6 Å². The fourth-order valence-electron chi connectivity index (χ4n) is 1.46. The first kappa shape index (κ1) is 11.0. The van der Waals surface area contributed by atoms with E-state index in [1.54, 1.807) is 36.0 Å². The molecule has 0 fully saturated rings. The number of benzene rings is 1. The van der Waals surface area contributed by atoms with Gasteiger partial charge in [0.1, 0.15) is 12.5 Å². The van der Waals surface area contributed by atoms with Crippen LogP contribution in [0.25, 0.3) is 11.3 Å². The van der Waals surface area contributed by atoms with Crippen molar-refractivity contribution in [2.45, 2.75) is 6.67 Å². The van der Waals surface area contributed by atoms with E-state index in [1.165, 1.54) is 0 Å². The van der Waals surface area contributed by atoms with E-state index in [0.717, 1.165) is 5.56 Å². The van der Waals surface area contributed by atoms with Crippen LogP contribution in [0, 0.1) is 0 Å². The molecule has 1 aromatic heterocycles. The van der Waals surface area contributed by atoms with Gasteiger partial charge in [0.05, 0.1) is 10.7 Å². The summed E-state index contributed by atoms with van der Waals surface area (Å²) in [6.07, 6.45) is 0. The van der Waals surface area contributed by atoms with E-state index < -0.39 is 6.67 Å². The summed E-state index contributed by atoms with van der Waals surface area (Å²) in [6, 6.07) is 6.77. The van der Waals surface area contributed by atoms with Crippen molar-refractivity contribution in [2.75, 3.05) is 5.73 Å². The molecule has 16 heavy (non-hydrogen) atoms. The second-order valence-electron chi connectivity index (χ2n) is 3.53. The molecule has 0 saturated heterocycles. The Morgan fingerprint density at radius 2 is 2.19 bits per heavy atom. The maximum absolute atomic E-state index is 12.4. The maximum Gasteiger partial charge on any atom is 0.121 e. The summed E-state index contributed by atoms with van der Waals surface area (Å²) in [5.41, 5.74) is 7.68. The number of nitrogen functional groups attached to an aromatic ring is 1. The largest absolute Gasteiger partial charge is 0.384 e. The van der Waals surface area contributed by atoms with Gasteiger partial charge in [0.15, 0.2) is 0 Å². The second-order valence-corrected chi connectivity index (χ2v) is 3.93. The summed E-state index contributed by atoms with van der Waals surface area (Å²) < 4.78 is 14.0. The molecule has 0 bridgehead atoms. The molecule has 2 rings (SSSR count). The Bertz CT molecular complexity index is 502. The molecular formula is C11H11ClFN3. The molecule has 0 aliphatic rings. The quantitative estimate of drug-likeness (QED) is 0.876. The number of rotatable bonds is 2. The standard InChI is InChI=1S/C11H11ClFN3/c1-16-11(14)5-10(15-16)8-3-2-7(6-13)4-9(8)12/h2-5H,6,14H2,1H3. The zero-order valence-electron chi connectivity index (χ0n) is 8.74. The van der Waals surface area contributed by atoms with Crippen molar-refractivity contribution in [2.24, 2.45) is 7.05 Å². The number of aryl methyl sites for hydroxylation is 1. The fraction of sp³-hybridized carbons (Fsp3) is 0.182. The van der Waals surface area contributed by atoms with Crippen LogP contribution in [-0.4, -0.2) is 9.78 Å². The lowest BCUT2D eigenvalue weighted by molar-refractivity contribution is 0.485. The maximum atomic E-state index is 12.4. The third-order valence-electron chi connectivity index (χ3n) is 2.38. The Kier molecular flexibility index (Phi) is 2.83. The van der Waals surface area contributed by atoms with Gasteiger partial charge in [-0.2, -0.15) is 5.10 Å². The molecule has 0 radical (unpaired) electrons. The van der Waals surface area contributed by atoms with Gasteiger partial charge in [-0.3, -0.25) is 4.68 Å². The lowest BCUT2D eigenvalue weighted by Crippen LogP contribution is -1.96. The van der Waals surface area contributed by atoms with E-state index >= 15 is 0 Å². The Morgan fingerprint density at radius 3 is 2.69 bits per heavy atom. The number of anilines is 1. The van der Waals surface area contributed by atoms with Crippen LogP contribution in [0.3, 0.4) is 0 Å². The number of alkyl halides is 1. The lowest BCUT2D eigenvalue weighted by atomic mass is 10.1. The molecule has 5 heteroatoms. The molecule has 84 valence electrons. The average molecular weight is 240 g/mol. The zero-order valence-corrected chi connectivity index (χ0v) is 9.50. The minimum atomic E-state index is -0.523. The summed E-state index contributed by atoms with van der Waals surface area (Å²) in [5.74, 6) is 0.556. The number of nitrogens with zero attached hydrogens (tertiary/aromatic N) is 2. The number of aromatic nitrogens is 2. The van der Waals surface area contributed by atoms with Gasteiger partial charge in [-0.1, -0.05) is 23.7 Å². The zero-order chi connectivity index (χ0) is 11.7. The van der Waals surface area contributed by atoms with E-state index in [2.05, 4.69) is 5.10 Å².